The molecule has 0 saturated heterocycles. The highest BCUT2D eigenvalue weighted by Crippen LogP contribution is 2.26. The third-order valence-electron chi connectivity index (χ3n) is 4.99. The van der Waals surface area contributed by atoms with E-state index in [0.717, 1.165) is 37.0 Å². The van der Waals surface area contributed by atoms with Gasteiger partial charge in [-0.05, 0) is 42.7 Å². The summed E-state index contributed by atoms with van der Waals surface area (Å²) in [4.78, 5) is 25.3. The second-order valence-electron chi connectivity index (χ2n) is 6.82. The van der Waals surface area contributed by atoms with E-state index in [1.807, 2.05) is 42.5 Å². The van der Waals surface area contributed by atoms with E-state index in [1.165, 1.54) is 6.42 Å². The van der Waals surface area contributed by atoms with E-state index < -0.39 is 0 Å². The largest absolute Gasteiger partial charge is 0.497 e. The summed E-state index contributed by atoms with van der Waals surface area (Å²) in [7, 11) is 1.62. The van der Waals surface area contributed by atoms with Gasteiger partial charge in [0.05, 0.1) is 12.8 Å². The first-order valence-electron chi connectivity index (χ1n) is 9.23. The number of ketones is 1. The van der Waals surface area contributed by atoms with Crippen LogP contribution >= 0.6 is 0 Å². The lowest BCUT2D eigenvalue weighted by Crippen LogP contribution is -2.25. The van der Waals surface area contributed by atoms with Gasteiger partial charge in [0.2, 0.25) is 5.91 Å². The van der Waals surface area contributed by atoms with Crippen LogP contribution in [0.4, 0.5) is 5.69 Å². The Kier molecular flexibility index (Phi) is 6.05. The highest BCUT2D eigenvalue weighted by Gasteiger charge is 2.22. The number of amides is 1. The number of carbonyl (C=O) groups is 2. The Morgan fingerprint density at radius 2 is 1.69 bits per heavy atom. The van der Waals surface area contributed by atoms with Crippen LogP contribution in [0.2, 0.25) is 0 Å². The lowest BCUT2D eigenvalue weighted by Gasteiger charge is -2.21. The molecule has 1 N–H and O–H groups in total. The minimum Gasteiger partial charge on any atom is -0.497 e. The second kappa shape index (κ2) is 8.65. The fourth-order valence-corrected chi connectivity index (χ4v) is 3.46. The normalized spacial score (nSPS) is 14.7. The van der Waals surface area contributed by atoms with E-state index in [0.29, 0.717) is 17.7 Å². The van der Waals surface area contributed by atoms with Crippen LogP contribution < -0.4 is 10.1 Å². The van der Waals surface area contributed by atoms with E-state index >= 15 is 0 Å². The number of nitrogens with one attached hydrogen (secondary N) is 1. The fraction of sp³-hybridized carbons (Fsp3) is 0.364. The van der Waals surface area contributed by atoms with Gasteiger partial charge in [-0.25, -0.2) is 0 Å². The molecule has 4 heteroatoms. The zero-order valence-electron chi connectivity index (χ0n) is 15.2. The predicted octanol–water partition coefficient (Wildman–Crippen LogP) is 4.64. The maximum absolute atomic E-state index is 12.8. The Morgan fingerprint density at radius 1 is 1.00 bits per heavy atom. The summed E-state index contributed by atoms with van der Waals surface area (Å²) >= 11 is 0. The first kappa shape index (κ1) is 18.2. The van der Waals surface area contributed by atoms with Crippen LogP contribution in [-0.2, 0) is 11.2 Å². The molecule has 0 heterocycles. The number of hydrogen-bond donors (Lipinski definition) is 1. The van der Waals surface area contributed by atoms with Crippen molar-refractivity contribution in [1.29, 1.82) is 0 Å². The first-order valence-corrected chi connectivity index (χ1v) is 9.23. The Hall–Kier alpha value is -2.62. The summed E-state index contributed by atoms with van der Waals surface area (Å²) in [6, 6.07) is 14.7. The molecule has 2 aromatic carbocycles. The molecular formula is C22H25NO3. The number of ether oxygens (including phenoxy) is 1. The summed E-state index contributed by atoms with van der Waals surface area (Å²) in [6.45, 7) is 0. The van der Waals surface area contributed by atoms with Gasteiger partial charge in [-0.15, -0.1) is 0 Å². The monoisotopic (exact) mass is 351 g/mol. The molecule has 0 aliphatic heterocycles. The van der Waals surface area contributed by atoms with Crippen LogP contribution in [0.3, 0.4) is 0 Å². The van der Waals surface area contributed by atoms with Gasteiger partial charge in [0, 0.05) is 17.9 Å². The molecular weight excluding hydrogens is 326 g/mol. The van der Waals surface area contributed by atoms with Crippen molar-refractivity contribution in [2.24, 2.45) is 5.92 Å². The predicted molar refractivity (Wildman–Crippen MR) is 103 cm³/mol. The molecule has 4 nitrogen and oxygen atoms in total. The van der Waals surface area contributed by atoms with Gasteiger partial charge < -0.3 is 10.1 Å². The minimum absolute atomic E-state index is 0.00490. The minimum atomic E-state index is -0.00490. The van der Waals surface area contributed by atoms with Crippen LogP contribution in [0.25, 0.3) is 0 Å². The van der Waals surface area contributed by atoms with E-state index in [4.69, 9.17) is 4.74 Å². The van der Waals surface area contributed by atoms with Crippen molar-refractivity contribution in [3.63, 3.8) is 0 Å². The SMILES string of the molecule is COc1ccc(CC(=O)c2ccccc2NC(=O)C2CCCCC2)cc1. The maximum Gasteiger partial charge on any atom is 0.227 e. The van der Waals surface area contributed by atoms with Gasteiger partial charge >= 0.3 is 0 Å². The molecule has 0 aromatic heterocycles. The molecule has 1 fully saturated rings. The van der Waals surface area contributed by atoms with Gasteiger partial charge in [0.15, 0.2) is 5.78 Å². The van der Waals surface area contributed by atoms with E-state index in [9.17, 15) is 9.59 Å². The summed E-state index contributed by atoms with van der Waals surface area (Å²) in [5.74, 6) is 0.860. The van der Waals surface area contributed by atoms with Crippen LogP contribution in [-0.4, -0.2) is 18.8 Å². The molecule has 1 aliphatic rings. The molecule has 0 bridgehead atoms. The number of benzene rings is 2. The highest BCUT2D eigenvalue weighted by molar-refractivity contribution is 6.06. The van der Waals surface area contributed by atoms with E-state index in [-0.39, 0.29) is 17.6 Å². The molecule has 136 valence electrons. The topological polar surface area (TPSA) is 55.4 Å². The Morgan fingerprint density at radius 3 is 2.38 bits per heavy atom. The van der Waals surface area contributed by atoms with Gasteiger partial charge in [0.25, 0.3) is 0 Å². The number of methoxy groups -OCH3 is 1. The molecule has 26 heavy (non-hydrogen) atoms. The van der Waals surface area contributed by atoms with Crippen molar-refractivity contribution in [1.82, 2.24) is 0 Å². The second-order valence-corrected chi connectivity index (χ2v) is 6.82. The Labute approximate surface area is 154 Å². The quantitative estimate of drug-likeness (QED) is 0.772. The van der Waals surface area contributed by atoms with Gasteiger partial charge in [0.1, 0.15) is 5.75 Å². The van der Waals surface area contributed by atoms with Crippen molar-refractivity contribution >= 4 is 17.4 Å². The third-order valence-corrected chi connectivity index (χ3v) is 4.99. The van der Waals surface area contributed by atoms with Crippen LogP contribution in [0.15, 0.2) is 48.5 Å². The summed E-state index contributed by atoms with van der Waals surface area (Å²) in [5, 5.41) is 2.99. The Bertz CT molecular complexity index is 761. The molecule has 1 aliphatic carbocycles. The number of para-hydroxylation sites is 1. The van der Waals surface area contributed by atoms with Crippen molar-refractivity contribution in [2.75, 3.05) is 12.4 Å². The molecule has 0 atom stereocenters. The lowest BCUT2D eigenvalue weighted by atomic mass is 9.88. The summed E-state index contributed by atoms with van der Waals surface area (Å²) in [6.07, 6.45) is 5.59. The van der Waals surface area contributed by atoms with Crippen molar-refractivity contribution in [3.8, 4) is 5.75 Å². The summed E-state index contributed by atoms with van der Waals surface area (Å²) < 4.78 is 5.15. The van der Waals surface area contributed by atoms with Crippen LogP contribution in [0.5, 0.6) is 5.75 Å². The number of hydrogen-bond acceptors (Lipinski definition) is 3. The standard InChI is InChI=1S/C22H25NO3/c1-26-18-13-11-16(12-14-18)15-21(24)19-9-5-6-10-20(19)23-22(25)17-7-3-2-4-8-17/h5-6,9-14,17H,2-4,7-8,15H2,1H3,(H,23,25). The number of rotatable bonds is 6. The maximum atomic E-state index is 12.8. The molecule has 2 aromatic rings. The Balaban J connectivity index is 1.70. The van der Waals surface area contributed by atoms with Gasteiger partial charge in [-0.2, -0.15) is 0 Å². The molecule has 1 amide bonds. The van der Waals surface area contributed by atoms with Crippen molar-refractivity contribution in [2.45, 2.75) is 38.5 Å². The summed E-state index contributed by atoms with van der Waals surface area (Å²) in [5.41, 5.74) is 2.10. The third kappa shape index (κ3) is 4.51. The average Bonchev–Trinajstić information content (AvgIpc) is 2.69. The molecule has 3 rings (SSSR count). The fourth-order valence-electron chi connectivity index (χ4n) is 3.46. The van der Waals surface area contributed by atoms with E-state index in [1.54, 1.807) is 13.2 Å². The zero-order chi connectivity index (χ0) is 18.4. The van der Waals surface area contributed by atoms with Crippen LogP contribution in [0.1, 0.15) is 48.0 Å². The molecule has 0 spiro atoms. The van der Waals surface area contributed by atoms with Crippen LogP contribution in [0, 0.1) is 5.92 Å². The first-order chi connectivity index (χ1) is 12.7. The van der Waals surface area contributed by atoms with Crippen molar-refractivity contribution in [3.05, 3.63) is 59.7 Å². The molecule has 1 saturated carbocycles. The molecule has 0 radical (unpaired) electrons. The smallest absolute Gasteiger partial charge is 0.227 e. The van der Waals surface area contributed by atoms with Gasteiger partial charge in [-0.1, -0.05) is 43.5 Å². The lowest BCUT2D eigenvalue weighted by molar-refractivity contribution is -0.120. The molecule has 0 unspecified atom stereocenters. The van der Waals surface area contributed by atoms with Gasteiger partial charge in [-0.3, -0.25) is 9.59 Å². The highest BCUT2D eigenvalue weighted by atomic mass is 16.5. The van der Waals surface area contributed by atoms with E-state index in [2.05, 4.69) is 5.32 Å². The number of anilines is 1. The zero-order valence-corrected chi connectivity index (χ0v) is 15.2. The number of carbonyl (C=O) groups excluding carboxylic acids is 2. The number of Topliss-reactive ketones (excluding diaryl/α,β-unsaturated/α-hetero) is 1. The average molecular weight is 351 g/mol. The van der Waals surface area contributed by atoms with Crippen molar-refractivity contribution < 1.29 is 14.3 Å².